The van der Waals surface area contributed by atoms with E-state index in [0.29, 0.717) is 17.5 Å². The molecule has 9 aromatic carbocycles. The second kappa shape index (κ2) is 16.3. The summed E-state index contributed by atoms with van der Waals surface area (Å²) in [7, 11) is 0. The summed E-state index contributed by atoms with van der Waals surface area (Å²) < 4.78 is 7.94. The van der Waals surface area contributed by atoms with E-state index in [0.717, 1.165) is 44.5 Å². The van der Waals surface area contributed by atoms with E-state index in [-0.39, 0.29) is 0 Å². The minimum absolute atomic E-state index is 0.613. The Morgan fingerprint density at radius 1 is 0.333 bits per heavy atom. The SMILES string of the molecule is Cc1ccc2c(c1)c1ccccc1n2-c1cc(-c2ccc[c]([Ge]([c]3ccccc3)([c]3ccccc3)[c]3ccccc3)c2)ccc1-c1nc(-c2ccccc2)nc(-c2ccccc2)n1. The Labute approximate surface area is 370 Å². The molecule has 11 aromatic rings. The van der Waals surface area contributed by atoms with Gasteiger partial charge >= 0.3 is 336 Å². The molecular formula is C58H42GeN4. The van der Waals surface area contributed by atoms with E-state index >= 15 is 0 Å². The zero-order valence-electron chi connectivity index (χ0n) is 34.8. The van der Waals surface area contributed by atoms with Crippen LogP contribution in [0.3, 0.4) is 0 Å². The van der Waals surface area contributed by atoms with Gasteiger partial charge in [-0.05, 0) is 0 Å². The third kappa shape index (κ3) is 6.86. The van der Waals surface area contributed by atoms with Gasteiger partial charge in [-0.25, -0.2) is 0 Å². The third-order valence-electron chi connectivity index (χ3n) is 12.3. The van der Waals surface area contributed by atoms with E-state index in [4.69, 9.17) is 15.0 Å². The number of fused-ring (bicyclic) bond motifs is 3. The van der Waals surface area contributed by atoms with E-state index in [2.05, 4.69) is 212 Å². The van der Waals surface area contributed by atoms with Crippen molar-refractivity contribution in [1.29, 1.82) is 0 Å². The first-order valence-electron chi connectivity index (χ1n) is 21.4. The summed E-state index contributed by atoms with van der Waals surface area (Å²) in [4.78, 5) is 15.6. The molecular weight excluding hydrogens is 825 g/mol. The summed E-state index contributed by atoms with van der Waals surface area (Å²) in [6.45, 7) is 2.16. The molecule has 11 rings (SSSR count). The summed E-state index contributed by atoms with van der Waals surface area (Å²) in [6.07, 6.45) is 0. The molecule has 0 fully saturated rings. The molecule has 0 bridgehead atoms. The number of aryl methyl sites for hydroxylation is 1. The van der Waals surface area contributed by atoms with Crippen molar-refractivity contribution in [2.24, 2.45) is 0 Å². The van der Waals surface area contributed by atoms with Crippen molar-refractivity contribution in [3.63, 3.8) is 0 Å². The minimum atomic E-state index is -3.55. The van der Waals surface area contributed by atoms with Gasteiger partial charge in [0.1, 0.15) is 0 Å². The molecule has 2 aromatic heterocycles. The standard InChI is InChI=1S/C58H42GeN4/c1-41-34-37-54-52(38-41)50-32-17-18-33-53(50)63(54)55-40-45(35-36-51(55)58-61-56(42-20-7-2-8-21-42)60-57(62-58)43-22-9-3-10-23-43)44-24-19-31-49(39-44)59(46-25-11-4-12-26-46,47-27-13-5-14-28-47)48-29-15-6-16-30-48/h2-40H,1H3. The fraction of sp³-hybridized carbons (Fsp3) is 0.0172. The van der Waals surface area contributed by atoms with Crippen molar-refractivity contribution in [3.8, 4) is 51.0 Å². The molecule has 0 aliphatic rings. The molecule has 5 heteroatoms. The van der Waals surface area contributed by atoms with Crippen LogP contribution in [0.25, 0.3) is 72.8 Å². The van der Waals surface area contributed by atoms with Crippen LogP contribution in [0.5, 0.6) is 0 Å². The number of hydrogen-bond donors (Lipinski definition) is 0. The third-order valence-corrected chi connectivity index (χ3v) is 22.3. The van der Waals surface area contributed by atoms with Crippen LogP contribution in [-0.2, 0) is 0 Å². The summed E-state index contributed by atoms with van der Waals surface area (Å²) in [6, 6.07) is 85.6. The predicted octanol–water partition coefficient (Wildman–Crippen LogP) is 11.3. The number of benzene rings is 9. The van der Waals surface area contributed by atoms with Crippen LogP contribution in [-0.4, -0.2) is 32.8 Å². The van der Waals surface area contributed by atoms with Gasteiger partial charge in [0.25, 0.3) is 0 Å². The van der Waals surface area contributed by atoms with Crippen LogP contribution in [0, 0.1) is 6.92 Å². The summed E-state index contributed by atoms with van der Waals surface area (Å²) in [5, 5.41) is 2.41. The maximum absolute atomic E-state index is 5.27. The topological polar surface area (TPSA) is 43.6 Å². The van der Waals surface area contributed by atoms with Gasteiger partial charge in [-0.2, -0.15) is 0 Å². The van der Waals surface area contributed by atoms with E-state index in [1.165, 1.54) is 33.9 Å². The molecule has 0 spiro atoms. The number of nitrogens with zero attached hydrogens (tertiary/aromatic N) is 4. The van der Waals surface area contributed by atoms with Gasteiger partial charge < -0.3 is 0 Å². The Kier molecular flexibility index (Phi) is 9.91. The molecule has 63 heavy (non-hydrogen) atoms. The second-order valence-corrected chi connectivity index (χ2v) is 24.1. The van der Waals surface area contributed by atoms with Gasteiger partial charge in [-0.3, -0.25) is 0 Å². The molecule has 298 valence electrons. The average Bonchev–Trinajstić information content (AvgIpc) is 3.69. The predicted molar refractivity (Wildman–Crippen MR) is 264 cm³/mol. The monoisotopic (exact) mass is 868 g/mol. The van der Waals surface area contributed by atoms with Crippen molar-refractivity contribution in [3.05, 3.63) is 242 Å². The number of rotatable bonds is 9. The van der Waals surface area contributed by atoms with Gasteiger partial charge in [0.2, 0.25) is 0 Å². The van der Waals surface area contributed by atoms with Crippen LogP contribution in [0.4, 0.5) is 0 Å². The van der Waals surface area contributed by atoms with Crippen molar-refractivity contribution < 1.29 is 0 Å². The van der Waals surface area contributed by atoms with E-state index in [1.54, 1.807) is 0 Å². The molecule has 0 aliphatic heterocycles. The maximum atomic E-state index is 5.27. The quantitative estimate of drug-likeness (QED) is 0.136. The number of aromatic nitrogens is 4. The van der Waals surface area contributed by atoms with E-state index in [1.807, 2.05) is 36.4 Å². The molecule has 0 atom stereocenters. The Morgan fingerprint density at radius 2 is 0.794 bits per heavy atom. The Morgan fingerprint density at radius 3 is 1.38 bits per heavy atom. The van der Waals surface area contributed by atoms with Crippen LogP contribution >= 0.6 is 0 Å². The van der Waals surface area contributed by atoms with Gasteiger partial charge in [0, 0.05) is 0 Å². The molecule has 0 N–H and O–H groups in total. The van der Waals surface area contributed by atoms with Crippen LogP contribution in [0.15, 0.2) is 237 Å². The van der Waals surface area contributed by atoms with Crippen molar-refractivity contribution in [2.75, 3.05) is 0 Å². The Balaban J connectivity index is 1.18. The van der Waals surface area contributed by atoms with Crippen molar-refractivity contribution >= 4 is 52.7 Å². The Bertz CT molecular complexity index is 3230. The average molecular weight is 868 g/mol. The van der Waals surface area contributed by atoms with Crippen LogP contribution in [0.2, 0.25) is 0 Å². The number of para-hydroxylation sites is 1. The van der Waals surface area contributed by atoms with Crippen molar-refractivity contribution in [2.45, 2.75) is 6.92 Å². The summed E-state index contributed by atoms with van der Waals surface area (Å²) in [5.74, 6) is 1.87. The summed E-state index contributed by atoms with van der Waals surface area (Å²) in [5.41, 5.74) is 9.52. The summed E-state index contributed by atoms with van der Waals surface area (Å²) >= 11 is -3.55. The first-order valence-corrected chi connectivity index (χ1v) is 25.6. The molecule has 0 aliphatic carbocycles. The van der Waals surface area contributed by atoms with Gasteiger partial charge in [-0.15, -0.1) is 0 Å². The van der Waals surface area contributed by atoms with Gasteiger partial charge in [-0.1, -0.05) is 36.4 Å². The molecule has 0 amide bonds. The Hall–Kier alpha value is -7.67. The zero-order valence-corrected chi connectivity index (χ0v) is 36.9. The molecule has 0 radical (unpaired) electrons. The normalized spacial score (nSPS) is 11.6. The molecule has 0 unspecified atom stereocenters. The van der Waals surface area contributed by atoms with Crippen LogP contribution < -0.4 is 17.6 Å². The molecule has 0 saturated heterocycles. The zero-order chi connectivity index (χ0) is 42.2. The van der Waals surface area contributed by atoms with Crippen LogP contribution in [0.1, 0.15) is 5.56 Å². The van der Waals surface area contributed by atoms with Crippen molar-refractivity contribution in [1.82, 2.24) is 19.5 Å². The van der Waals surface area contributed by atoms with Gasteiger partial charge in [0.05, 0.1) is 0 Å². The molecule has 4 nitrogen and oxygen atoms in total. The van der Waals surface area contributed by atoms with Gasteiger partial charge in [0.15, 0.2) is 0 Å². The van der Waals surface area contributed by atoms with E-state index < -0.39 is 13.3 Å². The first kappa shape index (κ1) is 38.3. The fourth-order valence-corrected chi connectivity index (χ4v) is 19.4. The molecule has 2 heterocycles. The second-order valence-electron chi connectivity index (χ2n) is 16.1. The van der Waals surface area contributed by atoms with E-state index in [9.17, 15) is 0 Å². The fourth-order valence-electron chi connectivity index (χ4n) is 9.36. The molecule has 0 saturated carbocycles. The number of hydrogen-bond acceptors (Lipinski definition) is 3. The first-order chi connectivity index (χ1) is 31.1.